The summed E-state index contributed by atoms with van der Waals surface area (Å²) in [5, 5.41) is 16.6. The Kier molecular flexibility index (Phi) is 8.76. The number of amides is 1. The van der Waals surface area contributed by atoms with E-state index in [-0.39, 0.29) is 12.5 Å². The zero-order valence-electron chi connectivity index (χ0n) is 20.1. The van der Waals surface area contributed by atoms with Crippen LogP contribution >= 0.6 is 0 Å². The largest absolute Gasteiger partial charge is 0.493 e. The van der Waals surface area contributed by atoms with Crippen LogP contribution < -0.4 is 20.2 Å². The lowest BCUT2D eigenvalue weighted by Gasteiger charge is -2.12. The number of methoxy groups -OCH3 is 2. The molecule has 0 unspecified atom stereocenters. The average Bonchev–Trinajstić information content (AvgIpc) is 2.84. The van der Waals surface area contributed by atoms with Crippen LogP contribution in [0.15, 0.2) is 53.6 Å². The zero-order valence-corrected chi connectivity index (χ0v) is 20.1. The van der Waals surface area contributed by atoms with Gasteiger partial charge in [-0.05, 0) is 55.3 Å². The fourth-order valence-corrected chi connectivity index (χ4v) is 3.31. The standard InChI is InChI=1S/C26H27N5O4/c1-17-7-5-6-8-22(17)30-25(32)16-35-23-10-9-19(12-24(23)34-4)14-28-31-26-21(13-27)20(15-33-3)11-18(2)29-26/h5-12,14H,15-16H2,1-4H3,(H,29,31)(H,30,32)/b28-14+. The van der Waals surface area contributed by atoms with Gasteiger partial charge in [-0.3, -0.25) is 10.2 Å². The topological polar surface area (TPSA) is 118 Å². The lowest BCUT2D eigenvalue weighted by Crippen LogP contribution is -2.20. The number of carbonyl (C=O) groups excluding carboxylic acids is 1. The molecule has 180 valence electrons. The van der Waals surface area contributed by atoms with E-state index in [4.69, 9.17) is 14.2 Å². The number of nitriles is 1. The molecule has 9 heteroatoms. The van der Waals surface area contributed by atoms with Gasteiger partial charge in [0.2, 0.25) is 0 Å². The average molecular weight is 474 g/mol. The van der Waals surface area contributed by atoms with E-state index in [2.05, 4.69) is 26.9 Å². The van der Waals surface area contributed by atoms with Crippen molar-refractivity contribution in [1.29, 1.82) is 5.26 Å². The predicted octanol–water partition coefficient (Wildman–Crippen LogP) is 4.19. The van der Waals surface area contributed by atoms with Crippen LogP contribution in [0.3, 0.4) is 0 Å². The number of anilines is 2. The van der Waals surface area contributed by atoms with Crippen molar-refractivity contribution in [3.63, 3.8) is 0 Å². The summed E-state index contributed by atoms with van der Waals surface area (Å²) in [6.07, 6.45) is 1.57. The summed E-state index contributed by atoms with van der Waals surface area (Å²) in [6, 6.07) is 16.7. The fraction of sp³-hybridized carbons (Fsp3) is 0.231. The highest BCUT2D eigenvalue weighted by Crippen LogP contribution is 2.28. The molecule has 0 aliphatic rings. The number of nitrogens with one attached hydrogen (secondary N) is 2. The molecule has 2 aromatic carbocycles. The van der Waals surface area contributed by atoms with Crippen molar-refractivity contribution in [1.82, 2.24) is 4.98 Å². The van der Waals surface area contributed by atoms with Crippen LogP contribution in [0.5, 0.6) is 11.5 Å². The molecule has 1 amide bonds. The first kappa shape index (κ1) is 25.2. The summed E-state index contributed by atoms with van der Waals surface area (Å²) < 4.78 is 16.2. The number of rotatable bonds is 10. The molecule has 35 heavy (non-hydrogen) atoms. The van der Waals surface area contributed by atoms with Gasteiger partial charge >= 0.3 is 0 Å². The Labute approximate surface area is 204 Å². The van der Waals surface area contributed by atoms with Crippen LogP contribution in [0.2, 0.25) is 0 Å². The molecule has 9 nitrogen and oxygen atoms in total. The number of aryl methyl sites for hydroxylation is 2. The number of carbonyl (C=O) groups is 1. The van der Waals surface area contributed by atoms with E-state index in [1.807, 2.05) is 44.2 Å². The van der Waals surface area contributed by atoms with Gasteiger partial charge < -0.3 is 19.5 Å². The van der Waals surface area contributed by atoms with Crippen LogP contribution in [0.1, 0.15) is 27.9 Å². The van der Waals surface area contributed by atoms with Crippen LogP contribution in [-0.4, -0.2) is 37.9 Å². The van der Waals surface area contributed by atoms with Crippen LogP contribution in [0, 0.1) is 25.2 Å². The highest BCUT2D eigenvalue weighted by atomic mass is 16.5. The summed E-state index contributed by atoms with van der Waals surface area (Å²) in [6.45, 7) is 3.88. The lowest BCUT2D eigenvalue weighted by atomic mass is 10.1. The van der Waals surface area contributed by atoms with E-state index in [0.29, 0.717) is 35.1 Å². The van der Waals surface area contributed by atoms with Crippen molar-refractivity contribution in [3.8, 4) is 17.6 Å². The number of ether oxygens (including phenoxy) is 3. The van der Waals surface area contributed by atoms with Crippen molar-refractivity contribution >= 4 is 23.6 Å². The number of nitrogens with zero attached hydrogens (tertiary/aromatic N) is 3. The molecule has 2 N–H and O–H groups in total. The molecule has 1 heterocycles. The molecule has 1 aromatic heterocycles. The number of hydrazone groups is 1. The molecule has 0 spiro atoms. The zero-order chi connectivity index (χ0) is 25.2. The van der Waals surface area contributed by atoms with Crippen LogP contribution in [-0.2, 0) is 16.1 Å². The van der Waals surface area contributed by atoms with Gasteiger partial charge in [-0.2, -0.15) is 10.4 Å². The van der Waals surface area contributed by atoms with Crippen molar-refractivity contribution in [2.24, 2.45) is 5.10 Å². The minimum absolute atomic E-state index is 0.167. The third-order valence-electron chi connectivity index (χ3n) is 4.99. The van der Waals surface area contributed by atoms with E-state index < -0.39 is 0 Å². The smallest absolute Gasteiger partial charge is 0.262 e. The van der Waals surface area contributed by atoms with Gasteiger partial charge in [0, 0.05) is 24.1 Å². The van der Waals surface area contributed by atoms with Gasteiger partial charge in [-0.1, -0.05) is 18.2 Å². The Hall–Kier alpha value is -4.42. The maximum atomic E-state index is 12.3. The van der Waals surface area contributed by atoms with Crippen molar-refractivity contribution in [3.05, 3.63) is 76.5 Å². The molecule has 0 fully saturated rings. The van der Waals surface area contributed by atoms with Gasteiger partial charge in [-0.25, -0.2) is 4.98 Å². The molecular weight excluding hydrogens is 446 g/mol. The summed E-state index contributed by atoms with van der Waals surface area (Å²) in [4.78, 5) is 16.6. The number of benzene rings is 2. The van der Waals surface area contributed by atoms with Gasteiger partial charge in [0.15, 0.2) is 23.9 Å². The first-order chi connectivity index (χ1) is 16.9. The quantitative estimate of drug-likeness (QED) is 0.335. The first-order valence-electron chi connectivity index (χ1n) is 10.8. The minimum Gasteiger partial charge on any atom is -0.493 e. The summed E-state index contributed by atoms with van der Waals surface area (Å²) in [5.74, 6) is 0.950. The second-order valence-corrected chi connectivity index (χ2v) is 7.62. The molecule has 0 atom stereocenters. The van der Waals surface area contributed by atoms with Crippen LogP contribution in [0.25, 0.3) is 0 Å². The number of para-hydroxylation sites is 1. The predicted molar refractivity (Wildman–Crippen MR) is 134 cm³/mol. The monoisotopic (exact) mass is 473 g/mol. The third kappa shape index (κ3) is 6.79. The van der Waals surface area contributed by atoms with E-state index >= 15 is 0 Å². The van der Waals surface area contributed by atoms with Crippen LogP contribution in [0.4, 0.5) is 11.5 Å². The number of hydrogen-bond donors (Lipinski definition) is 2. The number of aromatic nitrogens is 1. The second-order valence-electron chi connectivity index (χ2n) is 7.62. The lowest BCUT2D eigenvalue weighted by molar-refractivity contribution is -0.118. The molecule has 3 rings (SSSR count). The molecular formula is C26H27N5O4. The second kappa shape index (κ2) is 12.2. The Morgan fingerprint density at radius 2 is 1.94 bits per heavy atom. The SMILES string of the molecule is COCc1cc(C)nc(N/N=C/c2ccc(OCC(=O)Nc3ccccc3C)c(OC)c2)c1C#N. The van der Waals surface area contributed by atoms with Gasteiger partial charge in [0.05, 0.1) is 19.9 Å². The van der Waals surface area contributed by atoms with E-state index in [0.717, 1.165) is 22.5 Å². The summed E-state index contributed by atoms with van der Waals surface area (Å²) in [5.41, 5.74) is 7.10. The molecule has 0 saturated carbocycles. The van der Waals surface area contributed by atoms with Crippen molar-refractivity contribution in [2.45, 2.75) is 20.5 Å². The summed E-state index contributed by atoms with van der Waals surface area (Å²) in [7, 11) is 3.08. The number of pyridine rings is 1. The molecule has 0 radical (unpaired) electrons. The molecule has 0 saturated heterocycles. The Morgan fingerprint density at radius 3 is 2.66 bits per heavy atom. The molecule has 3 aromatic rings. The molecule has 0 aliphatic heterocycles. The van der Waals surface area contributed by atoms with E-state index in [9.17, 15) is 10.1 Å². The summed E-state index contributed by atoms with van der Waals surface area (Å²) >= 11 is 0. The minimum atomic E-state index is -0.275. The normalized spacial score (nSPS) is 10.6. The number of hydrogen-bond acceptors (Lipinski definition) is 8. The fourth-order valence-electron chi connectivity index (χ4n) is 3.31. The molecule has 0 bridgehead atoms. The Bertz CT molecular complexity index is 1270. The first-order valence-corrected chi connectivity index (χ1v) is 10.8. The molecule has 0 aliphatic carbocycles. The maximum Gasteiger partial charge on any atom is 0.262 e. The van der Waals surface area contributed by atoms with E-state index in [1.54, 1.807) is 31.5 Å². The van der Waals surface area contributed by atoms with Crippen molar-refractivity contribution in [2.75, 3.05) is 31.6 Å². The highest BCUT2D eigenvalue weighted by Gasteiger charge is 2.12. The Morgan fingerprint density at radius 1 is 1.14 bits per heavy atom. The Balaban J connectivity index is 1.66. The van der Waals surface area contributed by atoms with Gasteiger partial charge in [0.25, 0.3) is 5.91 Å². The van der Waals surface area contributed by atoms with Gasteiger partial charge in [-0.15, -0.1) is 0 Å². The third-order valence-corrected chi connectivity index (χ3v) is 4.99. The highest BCUT2D eigenvalue weighted by molar-refractivity contribution is 5.92. The van der Waals surface area contributed by atoms with E-state index in [1.165, 1.54) is 7.11 Å². The maximum absolute atomic E-state index is 12.3. The van der Waals surface area contributed by atoms with Crippen molar-refractivity contribution < 1.29 is 19.0 Å². The van der Waals surface area contributed by atoms with Gasteiger partial charge in [0.1, 0.15) is 11.6 Å².